The van der Waals surface area contributed by atoms with E-state index in [2.05, 4.69) is 15.0 Å². The van der Waals surface area contributed by atoms with Gasteiger partial charge in [-0.2, -0.15) is 0 Å². The number of carbonyl (C=O) groups is 3. The maximum Gasteiger partial charge on any atom is 0.355 e. The maximum atomic E-state index is 12.2. The number of benzene rings is 1. The Kier molecular flexibility index (Phi) is 6.36. The van der Waals surface area contributed by atoms with Crippen LogP contribution in [0.2, 0.25) is 0 Å². The molecular formula is C19H22N2O6. The van der Waals surface area contributed by atoms with Crippen LogP contribution in [0.1, 0.15) is 50.7 Å². The lowest BCUT2D eigenvalue weighted by atomic mass is 10.1. The predicted octanol–water partition coefficient (Wildman–Crippen LogP) is 2.27. The molecule has 0 bridgehead atoms. The summed E-state index contributed by atoms with van der Waals surface area (Å²) in [5.41, 5.74) is 2.49. The van der Waals surface area contributed by atoms with E-state index in [9.17, 15) is 19.5 Å². The van der Waals surface area contributed by atoms with Crippen molar-refractivity contribution in [3.05, 3.63) is 52.3 Å². The molecule has 8 heteroatoms. The summed E-state index contributed by atoms with van der Waals surface area (Å²) in [6.07, 6.45) is -0.735. The third-order valence-electron chi connectivity index (χ3n) is 4.06. The number of aryl methyl sites for hydroxylation is 1. The monoisotopic (exact) mass is 374 g/mol. The number of hydrogen-bond acceptors (Lipinski definition) is 6. The van der Waals surface area contributed by atoms with Gasteiger partial charge < -0.3 is 24.9 Å². The molecule has 27 heavy (non-hydrogen) atoms. The number of anilines is 1. The minimum Gasteiger partial charge on any atom is -0.465 e. The number of para-hydroxylation sites is 1. The molecule has 0 radical (unpaired) electrons. The molecule has 144 valence electrons. The van der Waals surface area contributed by atoms with Crippen molar-refractivity contribution in [3.8, 4) is 0 Å². The Bertz CT molecular complexity index is 869. The average molecular weight is 374 g/mol. The SMILES string of the molecule is COC(=O)c1ccccc1NC(=O)COC(=O)c1[nH]c(C)c([C@@H](C)O)c1C. The number of H-pyrrole nitrogens is 1. The zero-order chi connectivity index (χ0) is 20.1. The number of methoxy groups -OCH3 is 1. The van der Waals surface area contributed by atoms with E-state index in [0.29, 0.717) is 16.8 Å². The second kappa shape index (κ2) is 8.50. The number of aliphatic hydroxyl groups is 1. The van der Waals surface area contributed by atoms with Crippen molar-refractivity contribution < 1.29 is 29.0 Å². The summed E-state index contributed by atoms with van der Waals surface area (Å²) in [5.74, 6) is -1.90. The molecular weight excluding hydrogens is 352 g/mol. The summed E-state index contributed by atoms with van der Waals surface area (Å²) < 4.78 is 9.70. The zero-order valence-corrected chi connectivity index (χ0v) is 15.6. The van der Waals surface area contributed by atoms with Crippen LogP contribution in [0.3, 0.4) is 0 Å². The third kappa shape index (κ3) is 4.53. The second-order valence-electron chi connectivity index (χ2n) is 6.00. The van der Waals surface area contributed by atoms with E-state index in [1.165, 1.54) is 13.2 Å². The Hall–Kier alpha value is -3.13. The summed E-state index contributed by atoms with van der Waals surface area (Å²) in [5, 5.41) is 12.3. The molecule has 0 saturated heterocycles. The first kappa shape index (κ1) is 20.2. The van der Waals surface area contributed by atoms with Gasteiger partial charge in [0.25, 0.3) is 5.91 Å². The number of amides is 1. The molecule has 1 aromatic carbocycles. The van der Waals surface area contributed by atoms with Crippen molar-refractivity contribution in [2.75, 3.05) is 19.0 Å². The molecule has 0 fully saturated rings. The molecule has 1 aromatic heterocycles. The Labute approximate surface area is 156 Å². The van der Waals surface area contributed by atoms with Crippen LogP contribution >= 0.6 is 0 Å². The molecule has 1 amide bonds. The predicted molar refractivity (Wildman–Crippen MR) is 97.6 cm³/mol. The van der Waals surface area contributed by atoms with E-state index in [-0.39, 0.29) is 16.9 Å². The van der Waals surface area contributed by atoms with E-state index in [0.717, 1.165) is 0 Å². The largest absolute Gasteiger partial charge is 0.465 e. The van der Waals surface area contributed by atoms with E-state index >= 15 is 0 Å². The summed E-state index contributed by atoms with van der Waals surface area (Å²) in [7, 11) is 1.24. The minimum absolute atomic E-state index is 0.186. The molecule has 0 aliphatic carbocycles. The first-order chi connectivity index (χ1) is 12.8. The molecule has 1 heterocycles. The lowest BCUT2D eigenvalue weighted by Gasteiger charge is -2.10. The van der Waals surface area contributed by atoms with E-state index in [4.69, 9.17) is 4.74 Å². The highest BCUT2D eigenvalue weighted by Gasteiger charge is 2.22. The second-order valence-corrected chi connectivity index (χ2v) is 6.00. The van der Waals surface area contributed by atoms with Gasteiger partial charge in [0.1, 0.15) is 5.69 Å². The van der Waals surface area contributed by atoms with Crippen LogP contribution in [-0.2, 0) is 14.3 Å². The molecule has 2 rings (SSSR count). The highest BCUT2D eigenvalue weighted by Crippen LogP contribution is 2.24. The average Bonchev–Trinajstić information content (AvgIpc) is 2.94. The Morgan fingerprint density at radius 3 is 2.44 bits per heavy atom. The fourth-order valence-corrected chi connectivity index (χ4v) is 2.86. The van der Waals surface area contributed by atoms with Crippen molar-refractivity contribution in [2.24, 2.45) is 0 Å². The molecule has 0 aliphatic heterocycles. The van der Waals surface area contributed by atoms with Crippen LogP contribution in [0.4, 0.5) is 5.69 Å². The minimum atomic E-state index is -0.735. The number of nitrogens with one attached hydrogen (secondary N) is 2. The Balaban J connectivity index is 2.04. The van der Waals surface area contributed by atoms with Gasteiger partial charge in [0.15, 0.2) is 6.61 Å². The first-order valence-corrected chi connectivity index (χ1v) is 8.27. The molecule has 0 saturated carbocycles. The molecule has 0 unspecified atom stereocenters. The Morgan fingerprint density at radius 2 is 1.85 bits per heavy atom. The zero-order valence-electron chi connectivity index (χ0n) is 15.6. The van der Waals surface area contributed by atoms with Crippen LogP contribution in [0, 0.1) is 13.8 Å². The highest BCUT2D eigenvalue weighted by molar-refractivity contribution is 6.02. The summed E-state index contributed by atoms with van der Waals surface area (Å²) >= 11 is 0. The van der Waals surface area contributed by atoms with Gasteiger partial charge in [0, 0.05) is 11.3 Å². The van der Waals surface area contributed by atoms with Crippen LogP contribution in [0.25, 0.3) is 0 Å². The molecule has 3 N–H and O–H groups in total. The van der Waals surface area contributed by atoms with Gasteiger partial charge in [-0.3, -0.25) is 4.79 Å². The molecule has 0 aliphatic rings. The molecule has 8 nitrogen and oxygen atoms in total. The van der Waals surface area contributed by atoms with Crippen molar-refractivity contribution in [1.29, 1.82) is 0 Å². The number of rotatable bonds is 6. The molecule has 1 atom stereocenters. The van der Waals surface area contributed by atoms with Gasteiger partial charge >= 0.3 is 11.9 Å². The Morgan fingerprint density at radius 1 is 1.19 bits per heavy atom. The normalized spacial score (nSPS) is 11.6. The highest BCUT2D eigenvalue weighted by atomic mass is 16.5. The number of carbonyl (C=O) groups excluding carboxylic acids is 3. The first-order valence-electron chi connectivity index (χ1n) is 8.27. The van der Waals surface area contributed by atoms with Crippen LogP contribution in [0.15, 0.2) is 24.3 Å². The lowest BCUT2D eigenvalue weighted by Crippen LogP contribution is -2.22. The summed E-state index contributed by atoms with van der Waals surface area (Å²) in [4.78, 5) is 38.9. The van der Waals surface area contributed by atoms with Crippen molar-refractivity contribution in [2.45, 2.75) is 26.9 Å². The number of ether oxygens (including phenoxy) is 2. The van der Waals surface area contributed by atoms with E-state index < -0.39 is 30.6 Å². The van der Waals surface area contributed by atoms with Gasteiger partial charge in [-0.25, -0.2) is 9.59 Å². The topological polar surface area (TPSA) is 118 Å². The lowest BCUT2D eigenvalue weighted by molar-refractivity contribution is -0.119. The maximum absolute atomic E-state index is 12.2. The summed E-state index contributed by atoms with van der Waals surface area (Å²) in [6.45, 7) is 4.50. The number of esters is 2. The fraction of sp³-hybridized carbons (Fsp3) is 0.316. The van der Waals surface area contributed by atoms with Gasteiger partial charge in [-0.15, -0.1) is 0 Å². The number of hydrogen-bond donors (Lipinski definition) is 3. The number of aromatic nitrogens is 1. The number of aromatic amines is 1. The standard InChI is InChI=1S/C19H22N2O6/c1-10-16(12(3)22)11(2)20-17(10)19(25)27-9-15(23)21-14-8-6-5-7-13(14)18(24)26-4/h5-8,12,20,22H,9H2,1-4H3,(H,21,23)/t12-/m1/s1. The summed E-state index contributed by atoms with van der Waals surface area (Å²) in [6, 6.07) is 6.34. The number of aliphatic hydroxyl groups excluding tert-OH is 1. The van der Waals surface area contributed by atoms with Gasteiger partial charge in [-0.1, -0.05) is 12.1 Å². The van der Waals surface area contributed by atoms with Crippen molar-refractivity contribution >= 4 is 23.5 Å². The van der Waals surface area contributed by atoms with Gasteiger partial charge in [0.05, 0.1) is 24.5 Å². The van der Waals surface area contributed by atoms with E-state index in [1.807, 2.05) is 0 Å². The fourth-order valence-electron chi connectivity index (χ4n) is 2.86. The molecule has 0 spiro atoms. The van der Waals surface area contributed by atoms with Gasteiger partial charge in [-0.05, 0) is 38.5 Å². The third-order valence-corrected chi connectivity index (χ3v) is 4.06. The quantitative estimate of drug-likeness (QED) is 0.668. The molecule has 2 aromatic rings. The van der Waals surface area contributed by atoms with Crippen molar-refractivity contribution in [1.82, 2.24) is 4.98 Å². The smallest absolute Gasteiger partial charge is 0.355 e. The van der Waals surface area contributed by atoms with Crippen LogP contribution in [-0.4, -0.2) is 41.7 Å². The van der Waals surface area contributed by atoms with Crippen molar-refractivity contribution in [3.63, 3.8) is 0 Å². The van der Waals surface area contributed by atoms with Crippen LogP contribution in [0.5, 0.6) is 0 Å². The van der Waals surface area contributed by atoms with Gasteiger partial charge in [0.2, 0.25) is 0 Å². The van der Waals surface area contributed by atoms with Crippen LogP contribution < -0.4 is 5.32 Å². The van der Waals surface area contributed by atoms with E-state index in [1.54, 1.807) is 39.0 Å².